The third-order valence-corrected chi connectivity index (χ3v) is 7.84. The summed E-state index contributed by atoms with van der Waals surface area (Å²) in [4.78, 5) is 12.1. The number of hydrogen-bond acceptors (Lipinski definition) is 5. The van der Waals surface area contributed by atoms with Crippen molar-refractivity contribution in [1.82, 2.24) is 0 Å². The summed E-state index contributed by atoms with van der Waals surface area (Å²) < 4.78 is 14.0. The van der Waals surface area contributed by atoms with Crippen LogP contribution in [0.25, 0.3) is 0 Å². The first-order chi connectivity index (χ1) is 12.9. The Kier molecular flexibility index (Phi) is 4.37. The molecule has 8 atom stereocenters. The average Bonchev–Trinajstić information content (AvgIpc) is 2.87. The van der Waals surface area contributed by atoms with E-state index in [0.29, 0.717) is 17.8 Å². The van der Waals surface area contributed by atoms with Crippen LogP contribution in [0.15, 0.2) is 28.7 Å². The van der Waals surface area contributed by atoms with Crippen molar-refractivity contribution in [1.29, 1.82) is 0 Å². The molecule has 5 aliphatic rings. The van der Waals surface area contributed by atoms with Gasteiger partial charge in [-0.1, -0.05) is 29.8 Å². The summed E-state index contributed by atoms with van der Waals surface area (Å²) in [7, 11) is 0. The van der Waals surface area contributed by atoms with Crippen molar-refractivity contribution in [2.24, 2.45) is 23.7 Å². The molecule has 4 aliphatic heterocycles. The zero-order valence-corrected chi connectivity index (χ0v) is 17.7. The molecule has 1 saturated carbocycles. The molecular weight excluding hydrogens is 410 g/mol. The van der Waals surface area contributed by atoms with E-state index < -0.39 is 17.7 Å². The van der Waals surface area contributed by atoms with Crippen molar-refractivity contribution in [2.45, 2.75) is 70.4 Å². The Hall–Kier alpha value is -0.660. The Morgan fingerprint density at radius 2 is 1.81 bits per heavy atom. The number of nitrogens with one attached hydrogen (secondary N) is 1. The highest BCUT2D eigenvalue weighted by atomic mass is 79.9. The topological polar surface area (TPSA) is 49.0 Å². The lowest BCUT2D eigenvalue weighted by Gasteiger charge is -2.60. The molecule has 0 radical (unpaired) electrons. The van der Waals surface area contributed by atoms with Crippen LogP contribution < -0.4 is 5.32 Å². The van der Waals surface area contributed by atoms with E-state index in [1.807, 2.05) is 19.1 Å². The largest absolute Gasteiger partial charge is 0.360 e. The van der Waals surface area contributed by atoms with Crippen molar-refractivity contribution < 1.29 is 19.2 Å². The summed E-state index contributed by atoms with van der Waals surface area (Å²) in [5.41, 5.74) is 0.555. The first-order valence-corrected chi connectivity index (χ1v) is 10.9. The van der Waals surface area contributed by atoms with Crippen LogP contribution in [0, 0.1) is 23.7 Å². The van der Waals surface area contributed by atoms with Gasteiger partial charge in [-0.3, -0.25) is 0 Å². The van der Waals surface area contributed by atoms with Crippen molar-refractivity contribution >= 4 is 21.6 Å². The minimum atomic E-state index is -0.722. The fourth-order valence-corrected chi connectivity index (χ4v) is 6.04. The van der Waals surface area contributed by atoms with Crippen LogP contribution in [-0.4, -0.2) is 23.9 Å². The molecule has 6 rings (SSSR count). The van der Waals surface area contributed by atoms with Gasteiger partial charge < -0.3 is 14.8 Å². The molecule has 4 saturated heterocycles. The second-order valence-electron chi connectivity index (χ2n) is 8.98. The average molecular weight is 438 g/mol. The quantitative estimate of drug-likeness (QED) is 0.654. The fraction of sp³-hybridized carbons (Fsp3) is 0.714. The van der Waals surface area contributed by atoms with Gasteiger partial charge in [0.15, 0.2) is 11.9 Å². The minimum absolute atomic E-state index is 0.118. The Labute approximate surface area is 169 Å². The molecule has 1 aliphatic carbocycles. The summed E-state index contributed by atoms with van der Waals surface area (Å²) in [6.07, 6.45) is 3.72. The van der Waals surface area contributed by atoms with Gasteiger partial charge in [-0.05, 0) is 62.3 Å². The van der Waals surface area contributed by atoms with E-state index in [2.05, 4.69) is 47.2 Å². The Bertz CT molecular complexity index is 715. The number of halogens is 1. The Morgan fingerprint density at radius 3 is 2.59 bits per heavy atom. The van der Waals surface area contributed by atoms with Crippen LogP contribution in [0.5, 0.6) is 0 Å². The third kappa shape index (κ3) is 2.79. The maximum absolute atomic E-state index is 6.54. The van der Waals surface area contributed by atoms with Crippen molar-refractivity contribution in [3.8, 4) is 0 Å². The predicted octanol–water partition coefficient (Wildman–Crippen LogP) is 5.07. The number of benzene rings is 1. The maximum Gasteiger partial charge on any atom is 0.201 e. The summed E-state index contributed by atoms with van der Waals surface area (Å²) in [5, 5.41) is 3.57. The third-order valence-electron chi connectivity index (χ3n) is 7.31. The van der Waals surface area contributed by atoms with Gasteiger partial charge in [-0.15, -0.1) is 0 Å². The molecule has 1 spiro atoms. The normalized spacial score (nSPS) is 48.6. The standard InChI is InChI=1S/C21H28BrNO4/c1-12-4-9-17-13(2)18(23-15-7-5-14(22)6-8-15)24-19-21(17)16(12)10-11-20(3,25-19)26-27-21/h5-8,12-13,16-19,23H,4,9-11H2,1-3H3/t12-,13-,16+,17+,18-,19-,20+,21-/m1/s1. The molecule has 1 aromatic carbocycles. The van der Waals surface area contributed by atoms with Crippen LogP contribution in [0.2, 0.25) is 0 Å². The van der Waals surface area contributed by atoms with Gasteiger partial charge >= 0.3 is 0 Å². The minimum Gasteiger partial charge on any atom is -0.360 e. The molecular formula is C21H28BrNO4. The zero-order chi connectivity index (χ0) is 18.8. The van der Waals surface area contributed by atoms with Crippen LogP contribution in [-0.2, 0) is 19.2 Å². The van der Waals surface area contributed by atoms with Gasteiger partial charge in [0.05, 0.1) is 0 Å². The fourth-order valence-electron chi connectivity index (χ4n) is 5.78. The monoisotopic (exact) mass is 437 g/mol. The molecule has 5 fully saturated rings. The van der Waals surface area contributed by atoms with Gasteiger partial charge in [-0.25, -0.2) is 9.78 Å². The highest BCUT2D eigenvalue weighted by Crippen LogP contribution is 2.60. The maximum atomic E-state index is 6.54. The van der Waals surface area contributed by atoms with Crippen LogP contribution in [0.1, 0.15) is 46.5 Å². The zero-order valence-electron chi connectivity index (χ0n) is 16.1. The Morgan fingerprint density at radius 1 is 1.04 bits per heavy atom. The number of fused-ring (bicyclic) bond motifs is 2. The molecule has 0 unspecified atom stereocenters. The summed E-state index contributed by atoms with van der Waals surface area (Å²) in [6, 6.07) is 8.21. The lowest BCUT2D eigenvalue weighted by atomic mass is 9.58. The Balaban J connectivity index is 1.48. The van der Waals surface area contributed by atoms with E-state index in [1.165, 1.54) is 6.42 Å². The molecule has 1 aromatic rings. The highest BCUT2D eigenvalue weighted by Gasteiger charge is 2.69. The van der Waals surface area contributed by atoms with E-state index in [-0.39, 0.29) is 12.1 Å². The molecule has 5 nitrogen and oxygen atoms in total. The first kappa shape index (κ1) is 18.4. The smallest absolute Gasteiger partial charge is 0.201 e. The van der Waals surface area contributed by atoms with Crippen LogP contribution in [0.3, 0.4) is 0 Å². The first-order valence-electron chi connectivity index (χ1n) is 10.1. The SMILES string of the molecule is C[C@H]1[C@H](Nc2ccc(Br)cc2)O[C@@H]2O[C@]3(C)CC[C@H]4[C@H](C)CC[C@@H]1[C@@]24OO3. The summed E-state index contributed by atoms with van der Waals surface area (Å²) in [5.74, 6) is 0.896. The molecule has 148 valence electrons. The molecule has 1 N–H and O–H groups in total. The number of ether oxygens (including phenoxy) is 2. The van der Waals surface area contributed by atoms with E-state index in [0.717, 1.165) is 29.4 Å². The van der Waals surface area contributed by atoms with E-state index in [9.17, 15) is 0 Å². The van der Waals surface area contributed by atoms with E-state index >= 15 is 0 Å². The van der Waals surface area contributed by atoms with E-state index in [4.69, 9.17) is 19.2 Å². The molecule has 6 heteroatoms. The van der Waals surface area contributed by atoms with Gasteiger partial charge in [-0.2, -0.15) is 0 Å². The van der Waals surface area contributed by atoms with Crippen LogP contribution in [0.4, 0.5) is 5.69 Å². The number of hydrogen-bond donors (Lipinski definition) is 1. The molecule has 0 aromatic heterocycles. The summed E-state index contributed by atoms with van der Waals surface area (Å²) in [6.45, 7) is 6.57. The lowest BCUT2D eigenvalue weighted by Crippen LogP contribution is -2.71. The molecule has 4 heterocycles. The van der Waals surface area contributed by atoms with Crippen molar-refractivity contribution in [3.63, 3.8) is 0 Å². The second-order valence-corrected chi connectivity index (χ2v) is 9.89. The van der Waals surface area contributed by atoms with Crippen molar-refractivity contribution in [2.75, 3.05) is 5.32 Å². The number of anilines is 1. The predicted molar refractivity (Wildman–Crippen MR) is 105 cm³/mol. The molecule has 2 bridgehead atoms. The highest BCUT2D eigenvalue weighted by molar-refractivity contribution is 9.10. The molecule has 0 amide bonds. The lowest BCUT2D eigenvalue weighted by molar-refractivity contribution is -0.570. The van der Waals surface area contributed by atoms with Gasteiger partial charge in [0.25, 0.3) is 0 Å². The summed E-state index contributed by atoms with van der Waals surface area (Å²) >= 11 is 3.49. The van der Waals surface area contributed by atoms with E-state index in [1.54, 1.807) is 0 Å². The van der Waals surface area contributed by atoms with Gasteiger partial charge in [0, 0.05) is 28.4 Å². The van der Waals surface area contributed by atoms with Crippen molar-refractivity contribution in [3.05, 3.63) is 28.7 Å². The van der Waals surface area contributed by atoms with Crippen LogP contribution >= 0.6 is 15.9 Å². The van der Waals surface area contributed by atoms with Gasteiger partial charge in [0.2, 0.25) is 5.79 Å². The number of rotatable bonds is 2. The molecule has 27 heavy (non-hydrogen) atoms. The van der Waals surface area contributed by atoms with Gasteiger partial charge in [0.1, 0.15) is 6.23 Å². The second kappa shape index (κ2) is 6.42.